The molecule has 5 aromatic carbocycles. The summed E-state index contributed by atoms with van der Waals surface area (Å²) < 4.78 is 88.0. The number of rotatable bonds is 17. The van der Waals surface area contributed by atoms with Crippen LogP contribution in [0.3, 0.4) is 0 Å². The molecule has 20 heteroatoms. The highest BCUT2D eigenvalue weighted by atomic mass is 35.5. The molecule has 76 heavy (non-hydrogen) atoms. The Morgan fingerprint density at radius 2 is 1.47 bits per heavy atom. The Kier molecular flexibility index (Phi) is 16.8. The number of nitrogens with one attached hydrogen (secondary N) is 1. The number of thioether (sulfide) groups is 1. The third-order valence-electron chi connectivity index (χ3n) is 14.9. The highest BCUT2D eigenvalue weighted by Gasteiger charge is 2.51. The summed E-state index contributed by atoms with van der Waals surface area (Å²) in [4.78, 5) is 20.1. The van der Waals surface area contributed by atoms with Crippen LogP contribution in [0.5, 0.6) is 0 Å². The summed E-state index contributed by atoms with van der Waals surface area (Å²) in [5.74, 6) is -0.610. The number of aliphatic hydroxyl groups is 1. The van der Waals surface area contributed by atoms with E-state index in [1.807, 2.05) is 112 Å². The van der Waals surface area contributed by atoms with Crippen LogP contribution in [0.15, 0.2) is 131 Å². The maximum absolute atomic E-state index is 15.3. The molecule has 6 aromatic rings. The Balaban J connectivity index is 0.936. The van der Waals surface area contributed by atoms with E-state index < -0.39 is 45.2 Å². The second-order valence-electron chi connectivity index (χ2n) is 20.1. The molecule has 3 aliphatic heterocycles. The number of hydrogen-bond acceptors (Lipinski definition) is 11. The minimum Gasteiger partial charge on any atom is -0.478 e. The Labute approximate surface area is 451 Å². The molecule has 3 fully saturated rings. The largest absolute Gasteiger partial charge is 0.501 e. The van der Waals surface area contributed by atoms with Crippen LogP contribution in [-0.4, -0.2) is 120 Å². The summed E-state index contributed by atoms with van der Waals surface area (Å²) in [5.41, 5.74) is -0.397. The van der Waals surface area contributed by atoms with Gasteiger partial charge in [-0.3, -0.25) is 4.57 Å². The predicted molar refractivity (Wildman–Crippen MR) is 297 cm³/mol. The highest BCUT2D eigenvalue weighted by molar-refractivity contribution is 7.99. The van der Waals surface area contributed by atoms with E-state index in [9.17, 15) is 41.8 Å². The summed E-state index contributed by atoms with van der Waals surface area (Å²) in [6.07, 6.45) is 1.51. The number of sulfone groups is 1. The van der Waals surface area contributed by atoms with E-state index in [2.05, 4.69) is 24.6 Å². The van der Waals surface area contributed by atoms with Gasteiger partial charge in [-0.1, -0.05) is 66.2 Å². The number of carboxylic acid groups (broad SMARTS) is 1. The molecule has 3 saturated heterocycles. The lowest BCUT2D eigenvalue weighted by Gasteiger charge is -2.37. The average Bonchev–Trinajstić information content (AvgIpc) is 3.91. The van der Waals surface area contributed by atoms with E-state index in [1.165, 1.54) is 23.9 Å². The van der Waals surface area contributed by atoms with Gasteiger partial charge in [0.1, 0.15) is 4.90 Å². The number of anilines is 3. The van der Waals surface area contributed by atoms with Gasteiger partial charge in [-0.25, -0.2) is 13.2 Å². The second kappa shape index (κ2) is 23.0. The molecule has 4 N–H and O–H groups in total. The van der Waals surface area contributed by atoms with Crippen molar-refractivity contribution in [3.8, 4) is 22.4 Å². The standard InChI is InChI=1S/C56H63ClF3N6O7PS2/c1-37(2)66-38(3)52(55(68)69)53(54(66)40-12-16-42(57)17-13-40)41-8-7-9-45(34-41)64-32-30-63(31-33-64)44-18-14-39(15-19-44)50-25-29-65(70)74(50,71)47-20-21-49(51(35-47)76(72,73)56(58,59)60)61-43(36-75-48-10-5-4-6-11-48)22-26-62-27-23-46(67)24-28-62/h4-21,34-35,37,43,46,50,61,67,70H,22-33,36H2,1-3H3,(H,68,69)/t43-,50+,74?/m1/s1. The molecule has 0 spiro atoms. The fourth-order valence-electron chi connectivity index (χ4n) is 11.0. The van der Waals surface area contributed by atoms with Crippen molar-refractivity contribution < 1.29 is 46.4 Å². The molecule has 404 valence electrons. The van der Waals surface area contributed by atoms with Gasteiger partial charge in [0.15, 0.2) is 0 Å². The van der Waals surface area contributed by atoms with Gasteiger partial charge >= 0.3 is 11.5 Å². The molecule has 0 amide bonds. The maximum atomic E-state index is 15.3. The van der Waals surface area contributed by atoms with Gasteiger partial charge in [0, 0.05) is 108 Å². The molecule has 0 aliphatic carbocycles. The van der Waals surface area contributed by atoms with Crippen molar-refractivity contribution in [2.75, 3.05) is 73.2 Å². The van der Waals surface area contributed by atoms with Crippen molar-refractivity contribution in [1.82, 2.24) is 14.3 Å². The van der Waals surface area contributed by atoms with Crippen LogP contribution in [0.4, 0.5) is 30.2 Å². The van der Waals surface area contributed by atoms with Crippen molar-refractivity contribution in [1.29, 1.82) is 0 Å². The first-order valence-corrected chi connectivity index (χ1v) is 30.1. The van der Waals surface area contributed by atoms with Crippen molar-refractivity contribution in [2.24, 2.45) is 0 Å². The summed E-state index contributed by atoms with van der Waals surface area (Å²) in [6.45, 7) is 10.3. The smallest absolute Gasteiger partial charge is 0.478 e. The predicted octanol–water partition coefficient (Wildman–Crippen LogP) is 11.8. The first-order valence-electron chi connectivity index (χ1n) is 25.6. The minimum atomic E-state index is -5.98. The number of likely N-dealkylation sites (tertiary alicyclic amines) is 1. The average molecular weight is 1120 g/mol. The number of halogens is 4. The summed E-state index contributed by atoms with van der Waals surface area (Å²) >= 11 is 7.76. The Morgan fingerprint density at radius 1 is 0.816 bits per heavy atom. The normalized spacial score (nSPS) is 19.6. The molecular weight excluding hydrogens is 1060 g/mol. The number of nitrogens with zero attached hydrogens (tertiary/aromatic N) is 5. The molecule has 9 rings (SSSR count). The molecule has 3 aliphatic rings. The van der Waals surface area contributed by atoms with E-state index in [0.29, 0.717) is 97.5 Å². The lowest BCUT2D eigenvalue weighted by molar-refractivity contribution is -0.0435. The van der Waals surface area contributed by atoms with Crippen LogP contribution in [0, 0.1) is 6.92 Å². The maximum Gasteiger partial charge on any atom is 0.501 e. The zero-order valence-corrected chi connectivity index (χ0v) is 45.8. The lowest BCUT2D eigenvalue weighted by atomic mass is 9.96. The number of benzene rings is 5. The highest BCUT2D eigenvalue weighted by Crippen LogP contribution is 2.66. The third kappa shape index (κ3) is 11.5. The van der Waals surface area contributed by atoms with Crippen LogP contribution in [0.2, 0.25) is 5.02 Å². The zero-order chi connectivity index (χ0) is 54.1. The van der Waals surface area contributed by atoms with Crippen molar-refractivity contribution in [2.45, 2.75) is 85.6 Å². The quantitative estimate of drug-likeness (QED) is 0.0505. The summed E-state index contributed by atoms with van der Waals surface area (Å²) in [6, 6.07) is 35.2. The van der Waals surface area contributed by atoms with E-state index in [4.69, 9.17) is 11.6 Å². The SMILES string of the molecule is Cc1c(C(=O)O)c(-c2cccc(N3CCN(c4ccc([C@@H]5CCN(O)P5(=O)c5ccc(N[C@H](CCN6CCC(O)CC6)CSc6ccccc6)c(S(=O)(=O)C(F)(F)F)c5)cc4)CC3)c2)c(-c2ccc(Cl)cc2)n1C(C)C. The Hall–Kier alpha value is -5.30. The van der Waals surface area contributed by atoms with E-state index in [0.717, 1.165) is 39.2 Å². The molecule has 0 bridgehead atoms. The topological polar surface area (TPSA) is 159 Å². The number of hydroxylamine groups is 1. The number of aromatic carboxylic acids is 1. The number of hydrogen-bond donors (Lipinski definition) is 4. The van der Waals surface area contributed by atoms with Gasteiger partial charge in [0.2, 0.25) is 7.29 Å². The molecule has 0 radical (unpaired) electrons. The van der Waals surface area contributed by atoms with Gasteiger partial charge in [-0.2, -0.15) is 13.2 Å². The second-order valence-corrected chi connectivity index (χ2v) is 26.3. The Morgan fingerprint density at radius 3 is 2.11 bits per heavy atom. The number of carboxylic acids is 1. The van der Waals surface area contributed by atoms with E-state index in [1.54, 1.807) is 12.1 Å². The molecule has 3 atom stereocenters. The Bertz CT molecular complexity index is 3190. The van der Waals surface area contributed by atoms with Gasteiger partial charge in [-0.05, 0) is 130 Å². The van der Waals surface area contributed by atoms with E-state index in [-0.39, 0.29) is 41.7 Å². The van der Waals surface area contributed by atoms with Crippen LogP contribution >= 0.6 is 30.7 Å². The molecule has 13 nitrogen and oxygen atoms in total. The fourth-order valence-corrected chi connectivity index (χ4v) is 16.1. The van der Waals surface area contributed by atoms with Gasteiger partial charge in [0.25, 0.3) is 9.84 Å². The van der Waals surface area contributed by atoms with Crippen LogP contribution in [-0.2, 0) is 14.4 Å². The first-order chi connectivity index (χ1) is 36.2. The van der Waals surface area contributed by atoms with Gasteiger partial charge in [-0.15, -0.1) is 16.6 Å². The van der Waals surface area contributed by atoms with Crippen molar-refractivity contribution in [3.05, 3.63) is 143 Å². The zero-order valence-electron chi connectivity index (χ0n) is 42.5. The molecular formula is C56H63ClF3N6O7PS2. The molecule has 0 saturated carbocycles. The fraction of sp³-hybridized carbons (Fsp3) is 0.375. The third-order valence-corrected chi connectivity index (χ3v) is 21.2. The number of alkyl halides is 3. The number of aromatic nitrogens is 1. The lowest BCUT2D eigenvalue weighted by Crippen LogP contribution is -2.46. The number of aliphatic hydroxyl groups excluding tert-OH is 1. The van der Waals surface area contributed by atoms with Crippen molar-refractivity contribution >= 4 is 68.8 Å². The van der Waals surface area contributed by atoms with Crippen LogP contribution in [0.1, 0.15) is 72.8 Å². The monoisotopic (exact) mass is 1120 g/mol. The molecule has 1 unspecified atom stereocenters. The van der Waals surface area contributed by atoms with Gasteiger partial charge < -0.3 is 40.0 Å². The minimum absolute atomic E-state index is 0.0247. The molecule has 4 heterocycles. The van der Waals surface area contributed by atoms with Gasteiger partial charge in [0.05, 0.1) is 28.7 Å². The van der Waals surface area contributed by atoms with Crippen molar-refractivity contribution in [3.63, 3.8) is 0 Å². The van der Waals surface area contributed by atoms with Crippen LogP contribution < -0.4 is 20.4 Å². The van der Waals surface area contributed by atoms with Crippen LogP contribution in [0.25, 0.3) is 22.4 Å². The summed E-state index contributed by atoms with van der Waals surface area (Å²) in [7, 11) is -10.1. The summed E-state index contributed by atoms with van der Waals surface area (Å²) in [5, 5.41) is 35.4. The van der Waals surface area contributed by atoms with E-state index >= 15 is 4.57 Å². The number of carbonyl (C=O) groups is 1. The molecule has 1 aromatic heterocycles. The number of piperidine rings is 1. The number of piperazine rings is 1. The first kappa shape index (κ1) is 55.5.